The largest absolute Gasteiger partial charge is 0.384 e. The van der Waals surface area contributed by atoms with E-state index in [-0.39, 0.29) is 23.4 Å². The van der Waals surface area contributed by atoms with E-state index in [1.807, 2.05) is 19.1 Å². The Balaban J connectivity index is 2.20. The van der Waals surface area contributed by atoms with Crippen molar-refractivity contribution in [1.29, 1.82) is 5.41 Å². The van der Waals surface area contributed by atoms with Crippen LogP contribution in [0.15, 0.2) is 24.3 Å². The van der Waals surface area contributed by atoms with Gasteiger partial charge in [-0.3, -0.25) is 5.41 Å². The molecule has 0 saturated carbocycles. The zero-order valence-electron chi connectivity index (χ0n) is 10.3. The van der Waals surface area contributed by atoms with E-state index in [4.69, 9.17) is 11.1 Å². The normalized spacial score (nSPS) is 22.7. The molecule has 6 heteroatoms. The number of hydrogen-bond donors (Lipinski definition) is 2. The molecule has 0 aromatic heterocycles. The number of amidine groups is 1. The summed E-state index contributed by atoms with van der Waals surface area (Å²) in [6, 6.07) is 7.31. The maximum atomic E-state index is 11.5. The topological polar surface area (TPSA) is 87.2 Å². The molecular weight excluding hydrogens is 250 g/mol. The van der Waals surface area contributed by atoms with Crippen molar-refractivity contribution in [2.45, 2.75) is 13.0 Å². The summed E-state index contributed by atoms with van der Waals surface area (Å²) >= 11 is 0. The Morgan fingerprint density at radius 2 is 2.00 bits per heavy atom. The van der Waals surface area contributed by atoms with Crippen LogP contribution in [0, 0.1) is 5.41 Å². The van der Waals surface area contributed by atoms with Crippen LogP contribution >= 0.6 is 0 Å². The molecule has 18 heavy (non-hydrogen) atoms. The zero-order chi connectivity index (χ0) is 13.3. The van der Waals surface area contributed by atoms with Crippen LogP contribution in [-0.2, 0) is 9.84 Å². The summed E-state index contributed by atoms with van der Waals surface area (Å²) in [5.41, 5.74) is 7.05. The molecule has 1 aromatic rings. The standard InChI is InChI=1S/C12H17N3O2S/c1-9-8-18(16,17)7-6-15(9)11-4-2-10(3-5-11)12(13)14/h2-5,9H,6-8H2,1H3,(H3,13,14). The van der Waals surface area contributed by atoms with Crippen LogP contribution in [0.3, 0.4) is 0 Å². The quantitative estimate of drug-likeness (QED) is 0.606. The summed E-state index contributed by atoms with van der Waals surface area (Å²) < 4.78 is 23.0. The summed E-state index contributed by atoms with van der Waals surface area (Å²) in [5, 5.41) is 7.33. The minimum atomic E-state index is -2.89. The monoisotopic (exact) mass is 267 g/mol. The summed E-state index contributed by atoms with van der Waals surface area (Å²) in [6.45, 7) is 2.43. The Morgan fingerprint density at radius 1 is 1.39 bits per heavy atom. The molecule has 0 bridgehead atoms. The molecule has 1 atom stereocenters. The number of anilines is 1. The van der Waals surface area contributed by atoms with Crippen molar-refractivity contribution < 1.29 is 8.42 Å². The van der Waals surface area contributed by atoms with Crippen molar-refractivity contribution in [2.75, 3.05) is 23.0 Å². The second kappa shape index (κ2) is 4.61. The summed E-state index contributed by atoms with van der Waals surface area (Å²) in [5.74, 6) is 0.434. The molecule has 0 amide bonds. The molecule has 1 aromatic carbocycles. The van der Waals surface area contributed by atoms with Gasteiger partial charge in [0.05, 0.1) is 11.5 Å². The molecular formula is C12H17N3O2S. The van der Waals surface area contributed by atoms with Gasteiger partial charge >= 0.3 is 0 Å². The van der Waals surface area contributed by atoms with Crippen LogP contribution in [-0.4, -0.2) is 38.3 Å². The van der Waals surface area contributed by atoms with Crippen molar-refractivity contribution in [1.82, 2.24) is 0 Å². The van der Waals surface area contributed by atoms with E-state index in [2.05, 4.69) is 4.90 Å². The van der Waals surface area contributed by atoms with Crippen LogP contribution in [0.4, 0.5) is 5.69 Å². The van der Waals surface area contributed by atoms with E-state index >= 15 is 0 Å². The molecule has 0 radical (unpaired) electrons. The second-order valence-electron chi connectivity index (χ2n) is 4.62. The molecule has 1 aliphatic rings. The van der Waals surface area contributed by atoms with Gasteiger partial charge in [0.25, 0.3) is 0 Å². The fourth-order valence-corrected chi connectivity index (χ4v) is 3.77. The van der Waals surface area contributed by atoms with Gasteiger partial charge < -0.3 is 10.6 Å². The first-order valence-corrected chi connectivity index (χ1v) is 7.63. The van der Waals surface area contributed by atoms with Crippen molar-refractivity contribution in [3.63, 3.8) is 0 Å². The van der Waals surface area contributed by atoms with E-state index in [1.165, 1.54) is 0 Å². The van der Waals surface area contributed by atoms with Crippen LogP contribution in [0.5, 0.6) is 0 Å². The predicted octanol–water partition coefficient (Wildman–Crippen LogP) is 0.594. The van der Waals surface area contributed by atoms with E-state index in [9.17, 15) is 8.42 Å². The van der Waals surface area contributed by atoms with Gasteiger partial charge in [-0.2, -0.15) is 0 Å². The van der Waals surface area contributed by atoms with Gasteiger partial charge in [0, 0.05) is 23.8 Å². The van der Waals surface area contributed by atoms with E-state index < -0.39 is 9.84 Å². The highest BCUT2D eigenvalue weighted by atomic mass is 32.2. The van der Waals surface area contributed by atoms with E-state index in [0.717, 1.165) is 5.69 Å². The second-order valence-corrected chi connectivity index (χ2v) is 6.85. The Kier molecular flexibility index (Phi) is 3.30. The molecule has 1 fully saturated rings. The number of rotatable bonds is 2. The van der Waals surface area contributed by atoms with Crippen LogP contribution in [0.2, 0.25) is 0 Å². The molecule has 0 aliphatic carbocycles. The number of nitrogen functional groups attached to an aromatic ring is 1. The Labute approximate surface area is 107 Å². The number of nitrogens with one attached hydrogen (secondary N) is 1. The van der Waals surface area contributed by atoms with Gasteiger partial charge in [0.15, 0.2) is 9.84 Å². The highest BCUT2D eigenvalue weighted by molar-refractivity contribution is 7.91. The van der Waals surface area contributed by atoms with Gasteiger partial charge in [-0.05, 0) is 31.2 Å². The first-order chi connectivity index (χ1) is 8.39. The lowest BCUT2D eigenvalue weighted by atomic mass is 10.1. The molecule has 1 saturated heterocycles. The number of nitrogens with zero attached hydrogens (tertiary/aromatic N) is 1. The maximum absolute atomic E-state index is 11.5. The van der Waals surface area contributed by atoms with Crippen molar-refractivity contribution in [2.24, 2.45) is 5.73 Å². The van der Waals surface area contributed by atoms with Crippen molar-refractivity contribution >= 4 is 21.4 Å². The summed E-state index contributed by atoms with van der Waals surface area (Å²) in [6.07, 6.45) is 0. The number of sulfone groups is 1. The van der Waals surface area contributed by atoms with E-state index in [0.29, 0.717) is 12.1 Å². The average Bonchev–Trinajstić information content (AvgIpc) is 2.28. The average molecular weight is 267 g/mol. The van der Waals surface area contributed by atoms with Crippen LogP contribution in [0.1, 0.15) is 12.5 Å². The van der Waals surface area contributed by atoms with Crippen LogP contribution in [0.25, 0.3) is 0 Å². The summed E-state index contributed by atoms with van der Waals surface area (Å²) in [4.78, 5) is 2.07. The first kappa shape index (κ1) is 12.9. The third kappa shape index (κ3) is 2.64. The Morgan fingerprint density at radius 3 is 2.50 bits per heavy atom. The molecule has 1 heterocycles. The smallest absolute Gasteiger partial charge is 0.154 e. The third-order valence-corrected chi connectivity index (χ3v) is 4.98. The predicted molar refractivity (Wildman–Crippen MR) is 72.9 cm³/mol. The number of benzene rings is 1. The van der Waals surface area contributed by atoms with Gasteiger partial charge in [-0.15, -0.1) is 0 Å². The fraction of sp³-hybridized carbons (Fsp3) is 0.417. The van der Waals surface area contributed by atoms with Gasteiger partial charge in [-0.1, -0.05) is 0 Å². The molecule has 2 rings (SSSR count). The highest BCUT2D eigenvalue weighted by Crippen LogP contribution is 2.21. The zero-order valence-corrected chi connectivity index (χ0v) is 11.1. The lowest BCUT2D eigenvalue weighted by Crippen LogP contribution is -2.47. The molecule has 1 aliphatic heterocycles. The minimum Gasteiger partial charge on any atom is -0.384 e. The third-order valence-electron chi connectivity index (χ3n) is 3.18. The number of hydrogen-bond acceptors (Lipinski definition) is 4. The highest BCUT2D eigenvalue weighted by Gasteiger charge is 2.28. The minimum absolute atomic E-state index is 0.0214. The van der Waals surface area contributed by atoms with E-state index in [1.54, 1.807) is 12.1 Å². The van der Waals surface area contributed by atoms with Crippen molar-refractivity contribution in [3.05, 3.63) is 29.8 Å². The van der Waals surface area contributed by atoms with Gasteiger partial charge in [0.2, 0.25) is 0 Å². The Hall–Kier alpha value is -1.56. The Bertz CT molecular complexity index is 551. The molecule has 5 nitrogen and oxygen atoms in total. The van der Waals surface area contributed by atoms with Gasteiger partial charge in [0.1, 0.15) is 5.84 Å². The molecule has 0 spiro atoms. The first-order valence-electron chi connectivity index (χ1n) is 5.80. The molecule has 3 N–H and O–H groups in total. The summed E-state index contributed by atoms with van der Waals surface area (Å²) in [7, 11) is -2.89. The van der Waals surface area contributed by atoms with Crippen LogP contribution < -0.4 is 10.6 Å². The lowest BCUT2D eigenvalue weighted by molar-refractivity contribution is 0.568. The molecule has 1 unspecified atom stereocenters. The van der Waals surface area contributed by atoms with Gasteiger partial charge in [-0.25, -0.2) is 8.42 Å². The fourth-order valence-electron chi connectivity index (χ4n) is 2.21. The molecule has 98 valence electrons. The SMILES string of the molecule is CC1CS(=O)(=O)CCN1c1ccc(C(=N)N)cc1. The maximum Gasteiger partial charge on any atom is 0.154 e. The van der Waals surface area contributed by atoms with Crippen molar-refractivity contribution in [3.8, 4) is 0 Å². The lowest BCUT2D eigenvalue weighted by Gasteiger charge is -2.35. The number of nitrogens with two attached hydrogens (primary N) is 1.